The van der Waals surface area contributed by atoms with Crippen molar-refractivity contribution in [2.75, 3.05) is 0 Å². The van der Waals surface area contributed by atoms with E-state index in [0.29, 0.717) is 10.6 Å². The van der Waals surface area contributed by atoms with Crippen LogP contribution in [-0.2, 0) is 0 Å². The fourth-order valence-electron chi connectivity index (χ4n) is 1.70. The molecule has 2 N–H and O–H groups in total. The topological polar surface area (TPSA) is 69.2 Å². The maximum Gasteiger partial charge on any atom is 0.269 e. The number of benzene rings is 1. The van der Waals surface area contributed by atoms with Gasteiger partial charge in [-0.1, -0.05) is 37.8 Å². The predicted molar refractivity (Wildman–Crippen MR) is 76.4 cm³/mol. The molecule has 0 unspecified atom stereocenters. The fourth-order valence-corrected chi connectivity index (χ4v) is 1.96. The SMILES string of the molecule is CCCCC[C@@H](N)c1cc([N+](=O)[O-])ccc1Cl.Cl. The number of halogens is 2. The molecular formula is C12H18Cl2N2O2. The Hall–Kier alpha value is -0.840. The van der Waals surface area contributed by atoms with Crippen molar-refractivity contribution in [3.63, 3.8) is 0 Å². The second-order valence-corrected chi connectivity index (χ2v) is 4.47. The molecule has 1 aromatic carbocycles. The van der Waals surface area contributed by atoms with E-state index in [1.807, 2.05) is 0 Å². The summed E-state index contributed by atoms with van der Waals surface area (Å²) in [4.78, 5) is 10.2. The highest BCUT2D eigenvalue weighted by atomic mass is 35.5. The van der Waals surface area contributed by atoms with Crippen LogP contribution in [0.1, 0.15) is 44.2 Å². The van der Waals surface area contributed by atoms with E-state index >= 15 is 0 Å². The molecule has 1 rings (SSSR count). The number of nitrogens with zero attached hydrogens (tertiary/aromatic N) is 1. The zero-order chi connectivity index (χ0) is 12.8. The molecule has 6 heteroatoms. The van der Waals surface area contributed by atoms with Gasteiger partial charge in [-0.05, 0) is 18.1 Å². The van der Waals surface area contributed by atoms with Crippen molar-refractivity contribution in [2.45, 2.75) is 38.6 Å². The molecule has 18 heavy (non-hydrogen) atoms. The fraction of sp³-hybridized carbons (Fsp3) is 0.500. The standard InChI is InChI=1S/C12H17ClN2O2.ClH/c1-2-3-4-5-12(14)10-8-9(15(16)17)6-7-11(10)13;/h6-8,12H,2-5,14H2,1H3;1H/t12-;/m1./s1. The Labute approximate surface area is 118 Å². The third-order valence-electron chi connectivity index (χ3n) is 2.71. The Bertz CT molecular complexity index is 400. The summed E-state index contributed by atoms with van der Waals surface area (Å²) in [5.41, 5.74) is 6.70. The van der Waals surface area contributed by atoms with E-state index in [9.17, 15) is 10.1 Å². The first kappa shape index (κ1) is 17.2. The molecule has 0 radical (unpaired) electrons. The summed E-state index contributed by atoms with van der Waals surface area (Å²) in [6.45, 7) is 2.12. The molecule has 0 aliphatic heterocycles. The van der Waals surface area contributed by atoms with Crippen molar-refractivity contribution in [1.29, 1.82) is 0 Å². The van der Waals surface area contributed by atoms with Gasteiger partial charge in [-0.15, -0.1) is 12.4 Å². The molecule has 0 fully saturated rings. The Morgan fingerprint density at radius 3 is 2.67 bits per heavy atom. The van der Waals surface area contributed by atoms with Gasteiger partial charge in [-0.25, -0.2) is 0 Å². The third kappa shape index (κ3) is 4.80. The molecule has 0 aliphatic carbocycles. The van der Waals surface area contributed by atoms with Crippen molar-refractivity contribution < 1.29 is 4.92 Å². The van der Waals surface area contributed by atoms with Crippen LogP contribution in [0.2, 0.25) is 5.02 Å². The molecule has 0 aromatic heterocycles. The zero-order valence-corrected chi connectivity index (χ0v) is 11.8. The number of hydrogen-bond acceptors (Lipinski definition) is 3. The third-order valence-corrected chi connectivity index (χ3v) is 3.05. The molecule has 0 heterocycles. The van der Waals surface area contributed by atoms with Gasteiger partial charge in [0.05, 0.1) is 4.92 Å². The number of unbranched alkanes of at least 4 members (excludes halogenated alkanes) is 2. The molecule has 0 saturated carbocycles. The summed E-state index contributed by atoms with van der Waals surface area (Å²) >= 11 is 6.01. The van der Waals surface area contributed by atoms with E-state index in [2.05, 4.69) is 6.92 Å². The first-order valence-electron chi connectivity index (χ1n) is 5.75. The van der Waals surface area contributed by atoms with Crippen LogP contribution in [0.25, 0.3) is 0 Å². The lowest BCUT2D eigenvalue weighted by Gasteiger charge is -2.13. The van der Waals surface area contributed by atoms with Gasteiger partial charge in [-0.2, -0.15) is 0 Å². The van der Waals surface area contributed by atoms with E-state index < -0.39 is 4.92 Å². The summed E-state index contributed by atoms with van der Waals surface area (Å²) < 4.78 is 0. The number of nitro benzene ring substituents is 1. The molecule has 102 valence electrons. The lowest BCUT2D eigenvalue weighted by atomic mass is 10.0. The summed E-state index contributed by atoms with van der Waals surface area (Å²) in [6, 6.07) is 4.17. The van der Waals surface area contributed by atoms with Crippen molar-refractivity contribution in [3.8, 4) is 0 Å². The minimum absolute atomic E-state index is 0. The molecule has 0 aliphatic rings. The lowest BCUT2D eigenvalue weighted by Crippen LogP contribution is -2.11. The number of rotatable bonds is 6. The van der Waals surface area contributed by atoms with Crippen LogP contribution >= 0.6 is 24.0 Å². The average molecular weight is 293 g/mol. The normalized spacial score (nSPS) is 11.7. The molecule has 0 amide bonds. The number of hydrogen-bond donors (Lipinski definition) is 1. The molecule has 4 nitrogen and oxygen atoms in total. The van der Waals surface area contributed by atoms with Gasteiger partial charge < -0.3 is 5.73 Å². The van der Waals surface area contributed by atoms with E-state index in [4.69, 9.17) is 17.3 Å². The summed E-state index contributed by atoms with van der Waals surface area (Å²) in [6.07, 6.45) is 4.04. The predicted octanol–water partition coefficient (Wildman–Crippen LogP) is 4.25. The Morgan fingerprint density at radius 2 is 2.11 bits per heavy atom. The highest BCUT2D eigenvalue weighted by Crippen LogP contribution is 2.28. The van der Waals surface area contributed by atoms with Gasteiger partial charge in [0, 0.05) is 23.2 Å². The lowest BCUT2D eigenvalue weighted by molar-refractivity contribution is -0.384. The van der Waals surface area contributed by atoms with Crippen molar-refractivity contribution in [2.24, 2.45) is 5.73 Å². The van der Waals surface area contributed by atoms with Gasteiger partial charge in [0.2, 0.25) is 0 Å². The van der Waals surface area contributed by atoms with Gasteiger partial charge in [0.25, 0.3) is 5.69 Å². The van der Waals surface area contributed by atoms with E-state index in [1.54, 1.807) is 0 Å². The molecule has 0 spiro atoms. The Morgan fingerprint density at radius 1 is 1.44 bits per heavy atom. The van der Waals surface area contributed by atoms with Gasteiger partial charge >= 0.3 is 0 Å². The maximum atomic E-state index is 10.7. The van der Waals surface area contributed by atoms with Gasteiger partial charge in [0.1, 0.15) is 0 Å². The second-order valence-electron chi connectivity index (χ2n) is 4.07. The Kier molecular flexibility index (Phi) is 7.91. The van der Waals surface area contributed by atoms with Crippen molar-refractivity contribution in [1.82, 2.24) is 0 Å². The number of non-ortho nitro benzene ring substituents is 1. The Balaban J connectivity index is 0.00000289. The van der Waals surface area contributed by atoms with Crippen LogP contribution < -0.4 is 5.73 Å². The molecule has 1 aromatic rings. The number of nitro groups is 1. The first-order valence-corrected chi connectivity index (χ1v) is 6.13. The van der Waals surface area contributed by atoms with Crippen LogP contribution in [0, 0.1) is 10.1 Å². The second kappa shape index (κ2) is 8.29. The quantitative estimate of drug-likeness (QED) is 0.484. The summed E-state index contributed by atoms with van der Waals surface area (Å²) in [5.74, 6) is 0. The average Bonchev–Trinajstić information content (AvgIpc) is 2.29. The van der Waals surface area contributed by atoms with E-state index in [-0.39, 0.29) is 24.1 Å². The van der Waals surface area contributed by atoms with Crippen LogP contribution in [0.3, 0.4) is 0 Å². The zero-order valence-electron chi connectivity index (χ0n) is 10.3. The molecular weight excluding hydrogens is 275 g/mol. The minimum Gasteiger partial charge on any atom is -0.324 e. The molecule has 0 saturated heterocycles. The monoisotopic (exact) mass is 292 g/mol. The van der Waals surface area contributed by atoms with Crippen LogP contribution in [0.5, 0.6) is 0 Å². The van der Waals surface area contributed by atoms with Crippen molar-refractivity contribution in [3.05, 3.63) is 38.9 Å². The van der Waals surface area contributed by atoms with E-state index in [0.717, 1.165) is 25.7 Å². The van der Waals surface area contributed by atoms with E-state index in [1.165, 1.54) is 18.2 Å². The molecule has 0 bridgehead atoms. The summed E-state index contributed by atoms with van der Waals surface area (Å²) in [7, 11) is 0. The van der Waals surface area contributed by atoms with Crippen LogP contribution in [0.15, 0.2) is 18.2 Å². The van der Waals surface area contributed by atoms with Crippen LogP contribution in [-0.4, -0.2) is 4.92 Å². The first-order chi connectivity index (χ1) is 8.06. The minimum atomic E-state index is -0.432. The van der Waals surface area contributed by atoms with Crippen molar-refractivity contribution >= 4 is 29.7 Å². The van der Waals surface area contributed by atoms with Crippen LogP contribution in [0.4, 0.5) is 5.69 Å². The summed E-state index contributed by atoms with van der Waals surface area (Å²) in [5, 5.41) is 11.2. The number of nitrogens with two attached hydrogens (primary N) is 1. The van der Waals surface area contributed by atoms with Gasteiger partial charge in [0.15, 0.2) is 0 Å². The largest absolute Gasteiger partial charge is 0.324 e. The van der Waals surface area contributed by atoms with Gasteiger partial charge in [-0.3, -0.25) is 10.1 Å². The smallest absolute Gasteiger partial charge is 0.269 e. The highest BCUT2D eigenvalue weighted by Gasteiger charge is 2.14. The highest BCUT2D eigenvalue weighted by molar-refractivity contribution is 6.31. The molecule has 1 atom stereocenters. The maximum absolute atomic E-state index is 10.7.